The third-order valence-electron chi connectivity index (χ3n) is 7.71. The minimum Gasteiger partial charge on any atom is -0.352 e. The van der Waals surface area contributed by atoms with E-state index in [0.717, 1.165) is 28.4 Å². The van der Waals surface area contributed by atoms with Crippen LogP contribution in [0.25, 0.3) is 0 Å². The third-order valence-corrected chi connectivity index (χ3v) is 8.24. The lowest BCUT2D eigenvalue weighted by Crippen LogP contribution is -2.51. The van der Waals surface area contributed by atoms with Crippen LogP contribution in [0.2, 0.25) is 0 Å². The molecule has 0 unspecified atom stereocenters. The van der Waals surface area contributed by atoms with Crippen molar-refractivity contribution in [2.45, 2.75) is 51.4 Å². The summed E-state index contributed by atoms with van der Waals surface area (Å²) in [6.45, 7) is 5.19. The largest absolute Gasteiger partial charge is 0.352 e. The first-order valence-corrected chi connectivity index (χ1v) is 12.8. The summed E-state index contributed by atoms with van der Waals surface area (Å²) in [5.74, 6) is -1.26. The molecule has 3 aliphatic heterocycles. The lowest BCUT2D eigenvalue weighted by molar-refractivity contribution is -0.140. The molecule has 5 rings (SSSR count). The van der Waals surface area contributed by atoms with Crippen molar-refractivity contribution in [3.8, 4) is 0 Å². The Morgan fingerprint density at radius 2 is 1.79 bits per heavy atom. The number of nitrogens with one attached hydrogen (secondary N) is 1. The van der Waals surface area contributed by atoms with E-state index in [9.17, 15) is 14.4 Å². The number of hydrogen-bond donors (Lipinski definition) is 1. The van der Waals surface area contributed by atoms with Crippen molar-refractivity contribution in [2.24, 2.45) is 17.8 Å². The maximum Gasteiger partial charge on any atom is 0.229 e. The number of benzene rings is 2. The first kappa shape index (κ1) is 23.1. The quantitative estimate of drug-likeness (QED) is 0.626. The van der Waals surface area contributed by atoms with E-state index in [1.54, 1.807) is 0 Å². The number of carbonyl (C=O) groups excluding carboxylic acids is 3. The van der Waals surface area contributed by atoms with Gasteiger partial charge in [-0.05, 0) is 36.1 Å². The molecule has 1 spiro atoms. The number of fused-ring (bicyclic) bond motifs is 1. The van der Waals surface area contributed by atoms with E-state index in [4.69, 9.17) is 0 Å². The Labute approximate surface area is 208 Å². The fourth-order valence-electron chi connectivity index (χ4n) is 6.26. The Bertz CT molecular complexity index is 1100. The summed E-state index contributed by atoms with van der Waals surface area (Å²) < 4.78 is 0.982. The van der Waals surface area contributed by atoms with E-state index >= 15 is 0 Å². The summed E-state index contributed by atoms with van der Waals surface area (Å²) in [7, 11) is 0. The zero-order valence-electron chi connectivity index (χ0n) is 19.5. The van der Waals surface area contributed by atoms with Crippen LogP contribution in [0.3, 0.4) is 0 Å². The fraction of sp³-hybridized carbons (Fsp3) is 0.444. The van der Waals surface area contributed by atoms with E-state index in [1.807, 2.05) is 78.2 Å². The number of rotatable bonds is 6. The van der Waals surface area contributed by atoms with Gasteiger partial charge in [-0.1, -0.05) is 72.2 Å². The first-order valence-electron chi connectivity index (χ1n) is 12.0. The topological polar surface area (TPSA) is 69.7 Å². The number of nitrogens with zero attached hydrogens (tertiary/aromatic N) is 2. The van der Waals surface area contributed by atoms with Crippen LogP contribution in [0, 0.1) is 17.8 Å². The van der Waals surface area contributed by atoms with Crippen LogP contribution in [0.1, 0.15) is 37.8 Å². The zero-order chi connectivity index (χ0) is 24.0. The van der Waals surface area contributed by atoms with Crippen molar-refractivity contribution in [1.29, 1.82) is 0 Å². The van der Waals surface area contributed by atoms with Gasteiger partial charge in [0.25, 0.3) is 0 Å². The Morgan fingerprint density at radius 3 is 2.47 bits per heavy atom. The highest BCUT2D eigenvalue weighted by Crippen LogP contribution is 2.58. The van der Waals surface area contributed by atoms with Crippen molar-refractivity contribution in [3.05, 3.63) is 70.2 Å². The summed E-state index contributed by atoms with van der Waals surface area (Å²) in [5, 5.41) is 3.07. The highest BCUT2D eigenvalue weighted by Gasteiger charge is 2.72. The van der Waals surface area contributed by atoms with Crippen LogP contribution in [0.15, 0.2) is 59.1 Å². The van der Waals surface area contributed by atoms with Gasteiger partial charge in [0.05, 0.1) is 17.4 Å². The predicted molar refractivity (Wildman–Crippen MR) is 132 cm³/mol. The van der Waals surface area contributed by atoms with Crippen LogP contribution in [0.5, 0.6) is 0 Å². The maximum absolute atomic E-state index is 13.7. The van der Waals surface area contributed by atoms with E-state index in [-0.39, 0.29) is 29.7 Å². The molecule has 6 nitrogen and oxygen atoms in total. The van der Waals surface area contributed by atoms with Gasteiger partial charge in [-0.3, -0.25) is 14.4 Å². The molecule has 3 fully saturated rings. The first-order chi connectivity index (χ1) is 16.3. The third kappa shape index (κ3) is 3.74. The smallest absolute Gasteiger partial charge is 0.229 e. The highest BCUT2D eigenvalue weighted by molar-refractivity contribution is 9.10. The summed E-state index contributed by atoms with van der Waals surface area (Å²) >= 11 is 3.43. The van der Waals surface area contributed by atoms with Crippen LogP contribution >= 0.6 is 15.9 Å². The van der Waals surface area contributed by atoms with Gasteiger partial charge in [0, 0.05) is 36.1 Å². The van der Waals surface area contributed by atoms with Gasteiger partial charge in [0.2, 0.25) is 17.7 Å². The minimum atomic E-state index is -0.586. The van der Waals surface area contributed by atoms with Gasteiger partial charge in [-0.15, -0.1) is 0 Å². The summed E-state index contributed by atoms with van der Waals surface area (Å²) in [6, 6.07) is 17.5. The molecule has 7 heteroatoms. The van der Waals surface area contributed by atoms with Crippen LogP contribution in [0.4, 0.5) is 0 Å². The number of carbonyl (C=O) groups is 3. The molecule has 178 valence electrons. The molecule has 1 N–H and O–H groups in total. The Hall–Kier alpha value is -2.67. The summed E-state index contributed by atoms with van der Waals surface area (Å²) in [4.78, 5) is 44.4. The molecule has 0 aliphatic carbocycles. The van der Waals surface area contributed by atoms with E-state index in [1.165, 1.54) is 0 Å². The maximum atomic E-state index is 13.7. The molecule has 0 saturated carbocycles. The van der Waals surface area contributed by atoms with Crippen LogP contribution < -0.4 is 5.32 Å². The number of likely N-dealkylation sites (tertiary alicyclic amines) is 1. The van der Waals surface area contributed by atoms with Crippen molar-refractivity contribution >= 4 is 33.7 Å². The lowest BCUT2D eigenvalue weighted by atomic mass is 9.72. The number of hydrogen-bond acceptors (Lipinski definition) is 3. The van der Waals surface area contributed by atoms with Crippen molar-refractivity contribution in [1.82, 2.24) is 15.1 Å². The number of halogens is 1. The molecule has 3 heterocycles. The van der Waals surface area contributed by atoms with E-state index < -0.39 is 17.4 Å². The highest BCUT2D eigenvalue weighted by atomic mass is 79.9. The molecule has 3 amide bonds. The minimum absolute atomic E-state index is 0.00333. The van der Waals surface area contributed by atoms with Gasteiger partial charge in [-0.25, -0.2) is 0 Å². The molecule has 0 aromatic heterocycles. The molecule has 2 aromatic carbocycles. The second-order valence-corrected chi connectivity index (χ2v) is 11.0. The zero-order valence-corrected chi connectivity index (χ0v) is 21.1. The van der Waals surface area contributed by atoms with Crippen molar-refractivity contribution < 1.29 is 14.4 Å². The SMILES string of the molecule is CC(C)C(=O)N1[C@H]2CC[C@@]13CN(Cc1ccccc1)C(=O)[C@H]3[C@@H]2C(=O)NCc1ccc(Br)cc1. The molecule has 34 heavy (non-hydrogen) atoms. The van der Waals surface area contributed by atoms with Crippen molar-refractivity contribution in [3.63, 3.8) is 0 Å². The number of amides is 3. The van der Waals surface area contributed by atoms with Crippen LogP contribution in [-0.2, 0) is 27.5 Å². The average molecular weight is 524 g/mol. The molecule has 3 saturated heterocycles. The second kappa shape index (κ2) is 8.84. The monoisotopic (exact) mass is 523 g/mol. The van der Waals surface area contributed by atoms with Crippen LogP contribution in [-0.4, -0.2) is 45.6 Å². The molecule has 3 aliphatic rings. The second-order valence-electron chi connectivity index (χ2n) is 10.1. The van der Waals surface area contributed by atoms with Gasteiger partial charge in [0.15, 0.2) is 0 Å². The predicted octanol–water partition coefficient (Wildman–Crippen LogP) is 3.74. The summed E-state index contributed by atoms with van der Waals surface area (Å²) in [5.41, 5.74) is 1.46. The normalized spacial score (nSPS) is 27.4. The Kier molecular flexibility index (Phi) is 6.00. The van der Waals surface area contributed by atoms with Gasteiger partial charge in [0.1, 0.15) is 0 Å². The molecule has 0 radical (unpaired) electrons. The Balaban J connectivity index is 1.43. The standard InChI is InChI=1S/C27H30BrN3O3/c1-17(2)25(33)31-21-12-13-27(31)16-30(15-19-6-4-3-5-7-19)26(34)23(27)22(21)24(32)29-14-18-8-10-20(28)11-9-18/h3-11,17,21-23H,12-16H2,1-2H3,(H,29,32)/t21-,22+,23+,27-/m0/s1. The van der Waals surface area contributed by atoms with Gasteiger partial charge >= 0.3 is 0 Å². The molecule has 4 atom stereocenters. The molecule has 2 bridgehead atoms. The van der Waals surface area contributed by atoms with Gasteiger partial charge in [-0.2, -0.15) is 0 Å². The molecule has 2 aromatic rings. The van der Waals surface area contributed by atoms with Crippen molar-refractivity contribution in [2.75, 3.05) is 6.54 Å². The molecular formula is C27H30BrN3O3. The van der Waals surface area contributed by atoms with Gasteiger partial charge < -0.3 is 15.1 Å². The van der Waals surface area contributed by atoms with E-state index in [2.05, 4.69) is 21.2 Å². The summed E-state index contributed by atoms with van der Waals surface area (Å²) in [6.07, 6.45) is 1.53. The average Bonchev–Trinajstić information content (AvgIpc) is 3.42. The van der Waals surface area contributed by atoms with E-state index in [0.29, 0.717) is 19.6 Å². The fourth-order valence-corrected chi connectivity index (χ4v) is 6.52. The molecular weight excluding hydrogens is 494 g/mol. The lowest BCUT2D eigenvalue weighted by Gasteiger charge is -2.35. The Morgan fingerprint density at radius 1 is 1.09 bits per heavy atom.